The number of benzene rings is 1. The van der Waals surface area contributed by atoms with Gasteiger partial charge < -0.3 is 20.7 Å². The van der Waals surface area contributed by atoms with Gasteiger partial charge in [0.1, 0.15) is 5.75 Å². The van der Waals surface area contributed by atoms with Gasteiger partial charge in [-0.3, -0.25) is 9.79 Å². The Morgan fingerprint density at radius 2 is 1.89 bits per heavy atom. The molecule has 0 radical (unpaired) electrons. The van der Waals surface area contributed by atoms with Crippen LogP contribution < -0.4 is 20.7 Å². The molecule has 0 aliphatic rings. The van der Waals surface area contributed by atoms with Crippen LogP contribution in [-0.2, 0) is 16.8 Å². The monoisotopic (exact) mass is 388 g/mol. The van der Waals surface area contributed by atoms with Crippen LogP contribution in [0.1, 0.15) is 24.3 Å². The van der Waals surface area contributed by atoms with E-state index in [1.807, 2.05) is 24.3 Å². The van der Waals surface area contributed by atoms with Gasteiger partial charge in [0.2, 0.25) is 5.91 Å². The zero-order chi connectivity index (χ0) is 19.7. The van der Waals surface area contributed by atoms with Crippen molar-refractivity contribution in [2.75, 3.05) is 27.2 Å². The molecule has 0 fully saturated rings. The highest BCUT2D eigenvalue weighted by Gasteiger charge is 2.22. The largest absolute Gasteiger partial charge is 0.497 e. The molecule has 6 nitrogen and oxygen atoms in total. The third-order valence-electron chi connectivity index (χ3n) is 4.17. The van der Waals surface area contributed by atoms with Crippen LogP contribution in [-0.4, -0.2) is 39.1 Å². The van der Waals surface area contributed by atoms with Gasteiger partial charge in [-0.25, -0.2) is 0 Å². The molecule has 0 spiro atoms. The Kier molecular flexibility index (Phi) is 7.67. The molecule has 0 aliphatic carbocycles. The van der Waals surface area contributed by atoms with Crippen molar-refractivity contribution in [3.05, 3.63) is 52.2 Å². The van der Waals surface area contributed by atoms with Gasteiger partial charge in [-0.2, -0.15) is 0 Å². The predicted octanol–water partition coefficient (Wildman–Crippen LogP) is 2.52. The number of nitrogens with zero attached hydrogens (tertiary/aromatic N) is 1. The molecule has 1 aromatic carbocycles. The van der Waals surface area contributed by atoms with Crippen LogP contribution in [0.25, 0.3) is 0 Å². The summed E-state index contributed by atoms with van der Waals surface area (Å²) in [7, 11) is 3.33. The Balaban J connectivity index is 1.73. The normalized spacial score (nSPS) is 11.8. The van der Waals surface area contributed by atoms with E-state index in [1.165, 1.54) is 4.88 Å². The van der Waals surface area contributed by atoms with Crippen molar-refractivity contribution in [3.63, 3.8) is 0 Å². The van der Waals surface area contributed by atoms with E-state index >= 15 is 0 Å². The highest BCUT2D eigenvalue weighted by atomic mass is 32.1. The number of hydrogen-bond donors (Lipinski definition) is 3. The number of rotatable bonds is 8. The van der Waals surface area contributed by atoms with Crippen LogP contribution in [0.5, 0.6) is 5.75 Å². The minimum atomic E-state index is -0.0914. The summed E-state index contributed by atoms with van der Waals surface area (Å²) in [6, 6.07) is 11.8. The molecule has 0 saturated carbocycles. The number of nitrogens with one attached hydrogen (secondary N) is 3. The van der Waals surface area contributed by atoms with E-state index in [0.29, 0.717) is 12.5 Å². The van der Waals surface area contributed by atoms with Crippen LogP contribution in [0.2, 0.25) is 0 Å². The van der Waals surface area contributed by atoms with E-state index < -0.39 is 0 Å². The summed E-state index contributed by atoms with van der Waals surface area (Å²) in [4.78, 5) is 17.6. The highest BCUT2D eigenvalue weighted by molar-refractivity contribution is 7.10. The maximum atomic E-state index is 12.1. The lowest BCUT2D eigenvalue weighted by Gasteiger charge is -2.25. The quantitative estimate of drug-likeness (QED) is 0.480. The van der Waals surface area contributed by atoms with Gasteiger partial charge in [-0.1, -0.05) is 32.0 Å². The second-order valence-corrected chi connectivity index (χ2v) is 7.71. The summed E-state index contributed by atoms with van der Waals surface area (Å²) in [6.45, 7) is 5.72. The molecule has 0 atom stereocenters. The van der Waals surface area contributed by atoms with Crippen molar-refractivity contribution in [2.24, 2.45) is 4.99 Å². The van der Waals surface area contributed by atoms with Gasteiger partial charge in [0.05, 0.1) is 13.7 Å². The first kappa shape index (κ1) is 20.8. The molecule has 0 bridgehead atoms. The summed E-state index contributed by atoms with van der Waals surface area (Å²) >= 11 is 1.74. The van der Waals surface area contributed by atoms with E-state index in [9.17, 15) is 4.79 Å². The Labute approximate surface area is 165 Å². The molecular weight excluding hydrogens is 360 g/mol. The first-order valence-electron chi connectivity index (χ1n) is 8.83. The first-order valence-corrected chi connectivity index (χ1v) is 9.70. The fourth-order valence-corrected chi connectivity index (χ4v) is 3.30. The Hall–Kier alpha value is -2.54. The molecule has 3 N–H and O–H groups in total. The Bertz CT molecular complexity index is 740. The molecule has 1 amide bonds. The van der Waals surface area contributed by atoms with Crippen LogP contribution in [0, 0.1) is 0 Å². The molecule has 146 valence electrons. The summed E-state index contributed by atoms with van der Waals surface area (Å²) in [5.74, 6) is 1.32. The van der Waals surface area contributed by atoms with Gasteiger partial charge in [-0.15, -0.1) is 11.3 Å². The van der Waals surface area contributed by atoms with Crippen LogP contribution in [0.15, 0.2) is 46.8 Å². The smallest absolute Gasteiger partial charge is 0.239 e. The number of carbonyl (C=O) groups is 1. The lowest BCUT2D eigenvalue weighted by molar-refractivity contribution is -0.120. The van der Waals surface area contributed by atoms with Gasteiger partial charge in [0.15, 0.2) is 5.96 Å². The van der Waals surface area contributed by atoms with E-state index in [2.05, 4.69) is 52.3 Å². The van der Waals surface area contributed by atoms with Crippen LogP contribution in [0.3, 0.4) is 0 Å². The number of hydrogen-bond acceptors (Lipinski definition) is 4. The van der Waals surface area contributed by atoms with Gasteiger partial charge in [-0.05, 0) is 29.1 Å². The Morgan fingerprint density at radius 3 is 2.48 bits per heavy atom. The van der Waals surface area contributed by atoms with Gasteiger partial charge >= 0.3 is 0 Å². The molecule has 1 heterocycles. The van der Waals surface area contributed by atoms with Crippen molar-refractivity contribution in [1.82, 2.24) is 16.0 Å². The van der Waals surface area contributed by atoms with Crippen molar-refractivity contribution >= 4 is 23.2 Å². The van der Waals surface area contributed by atoms with Crippen molar-refractivity contribution in [2.45, 2.75) is 25.8 Å². The zero-order valence-electron chi connectivity index (χ0n) is 16.3. The molecule has 27 heavy (non-hydrogen) atoms. The van der Waals surface area contributed by atoms with Gasteiger partial charge in [0.25, 0.3) is 0 Å². The van der Waals surface area contributed by atoms with Crippen molar-refractivity contribution in [3.8, 4) is 5.75 Å². The van der Waals surface area contributed by atoms with Crippen molar-refractivity contribution in [1.29, 1.82) is 0 Å². The minimum Gasteiger partial charge on any atom is -0.497 e. The third-order valence-corrected chi connectivity index (χ3v) is 5.41. The van der Waals surface area contributed by atoms with Crippen molar-refractivity contribution < 1.29 is 9.53 Å². The zero-order valence-corrected chi connectivity index (χ0v) is 17.2. The molecular formula is C20H28N4O2S. The minimum absolute atomic E-state index is 0.0115. The molecule has 0 saturated heterocycles. The number of guanidine groups is 1. The molecule has 1 aromatic heterocycles. The van der Waals surface area contributed by atoms with Crippen LogP contribution >= 0.6 is 11.3 Å². The summed E-state index contributed by atoms with van der Waals surface area (Å²) in [5, 5.41) is 11.3. The van der Waals surface area contributed by atoms with E-state index in [4.69, 9.17) is 4.74 Å². The summed E-state index contributed by atoms with van der Waals surface area (Å²) < 4.78 is 5.13. The number of aliphatic imine (C=N–C) groups is 1. The summed E-state index contributed by atoms with van der Waals surface area (Å²) in [5.41, 5.74) is 1.01. The maximum absolute atomic E-state index is 12.1. The molecule has 0 unspecified atom stereocenters. The number of carbonyl (C=O) groups excluding carboxylic acids is 1. The SMILES string of the molecule is CN=C(NCC(=O)NCc1ccc(OC)cc1)NCC(C)(C)c1cccs1. The second kappa shape index (κ2) is 9.97. The average molecular weight is 389 g/mol. The third kappa shape index (κ3) is 6.60. The fraction of sp³-hybridized carbons (Fsp3) is 0.400. The summed E-state index contributed by atoms with van der Waals surface area (Å²) in [6.07, 6.45) is 0. The number of thiophene rings is 1. The lowest BCUT2D eigenvalue weighted by Crippen LogP contribution is -2.46. The molecule has 7 heteroatoms. The maximum Gasteiger partial charge on any atom is 0.239 e. The Morgan fingerprint density at radius 1 is 1.15 bits per heavy atom. The standard InChI is InChI=1S/C20H28N4O2S/c1-20(2,17-6-5-11-27-17)14-24-19(21-3)23-13-18(25)22-12-15-7-9-16(26-4)10-8-15/h5-11H,12-14H2,1-4H3,(H,22,25)(H2,21,23,24). The van der Waals surface area contributed by atoms with E-state index in [1.54, 1.807) is 25.5 Å². The molecule has 0 aliphatic heterocycles. The number of ether oxygens (including phenoxy) is 1. The molecule has 2 rings (SSSR count). The fourth-order valence-electron chi connectivity index (χ4n) is 2.45. The highest BCUT2D eigenvalue weighted by Crippen LogP contribution is 2.26. The van der Waals surface area contributed by atoms with Gasteiger partial charge in [0, 0.05) is 30.4 Å². The van der Waals surface area contributed by atoms with E-state index in [0.717, 1.165) is 17.9 Å². The first-order chi connectivity index (χ1) is 12.9. The number of methoxy groups -OCH3 is 1. The lowest BCUT2D eigenvalue weighted by atomic mass is 9.91. The second-order valence-electron chi connectivity index (χ2n) is 6.77. The topological polar surface area (TPSA) is 74.8 Å². The van der Waals surface area contributed by atoms with E-state index in [-0.39, 0.29) is 17.9 Å². The number of amides is 1. The van der Waals surface area contributed by atoms with Crippen LogP contribution in [0.4, 0.5) is 0 Å². The predicted molar refractivity (Wildman–Crippen MR) is 112 cm³/mol. The molecule has 2 aromatic rings. The average Bonchev–Trinajstić information content (AvgIpc) is 3.22.